The van der Waals surface area contributed by atoms with Crippen LogP contribution in [0.3, 0.4) is 0 Å². The van der Waals surface area contributed by atoms with E-state index in [9.17, 15) is 0 Å². The second-order valence-electron chi connectivity index (χ2n) is 8.97. The van der Waals surface area contributed by atoms with Crippen LogP contribution in [0.4, 0.5) is 0 Å². The molecule has 2 aliphatic rings. The van der Waals surface area contributed by atoms with Gasteiger partial charge >= 0.3 is 0 Å². The standard InChI is InChI=1S/C28H32N2/c1-3-11-23(12-4-1)19-29-21-25-15-7-8-16-26(25)22-30(20-24-13-5-2-6-14-24)28-18-10-9-17-27(28)29/h1-8,11-16,27-28H,9-10,17-22H2/t27-,28-/m1/s1. The highest BCUT2D eigenvalue weighted by Gasteiger charge is 2.36. The summed E-state index contributed by atoms with van der Waals surface area (Å²) in [5.41, 5.74) is 5.84. The molecule has 5 rings (SSSR count). The Labute approximate surface area is 181 Å². The summed E-state index contributed by atoms with van der Waals surface area (Å²) >= 11 is 0. The van der Waals surface area contributed by atoms with Crippen LogP contribution in [-0.2, 0) is 26.2 Å². The van der Waals surface area contributed by atoms with Gasteiger partial charge in [0.2, 0.25) is 0 Å². The molecule has 1 aliphatic carbocycles. The van der Waals surface area contributed by atoms with E-state index < -0.39 is 0 Å². The molecule has 154 valence electrons. The Morgan fingerprint density at radius 2 is 0.933 bits per heavy atom. The topological polar surface area (TPSA) is 6.48 Å². The van der Waals surface area contributed by atoms with Crippen molar-refractivity contribution in [1.82, 2.24) is 9.80 Å². The van der Waals surface area contributed by atoms with Gasteiger partial charge in [-0.15, -0.1) is 0 Å². The maximum absolute atomic E-state index is 2.77. The first kappa shape index (κ1) is 19.5. The molecule has 1 aliphatic heterocycles. The Morgan fingerprint density at radius 1 is 0.533 bits per heavy atom. The molecule has 2 heteroatoms. The fourth-order valence-electron chi connectivity index (χ4n) is 5.46. The predicted octanol–water partition coefficient (Wildman–Crippen LogP) is 6.02. The van der Waals surface area contributed by atoms with E-state index in [4.69, 9.17) is 0 Å². The minimum Gasteiger partial charge on any atom is -0.290 e. The average Bonchev–Trinajstić information content (AvgIpc) is 2.80. The smallest absolute Gasteiger partial charge is 0.0258 e. The molecule has 3 aromatic carbocycles. The van der Waals surface area contributed by atoms with Crippen LogP contribution in [0.25, 0.3) is 0 Å². The number of hydrogen-bond acceptors (Lipinski definition) is 2. The van der Waals surface area contributed by atoms with Crippen molar-refractivity contribution < 1.29 is 0 Å². The molecule has 0 unspecified atom stereocenters. The Balaban J connectivity index is 1.51. The fraction of sp³-hybridized carbons (Fsp3) is 0.357. The average molecular weight is 397 g/mol. The summed E-state index contributed by atoms with van der Waals surface area (Å²) in [6.07, 6.45) is 5.33. The van der Waals surface area contributed by atoms with E-state index in [0.717, 1.165) is 26.2 Å². The number of benzene rings is 3. The van der Waals surface area contributed by atoms with Gasteiger partial charge in [0.25, 0.3) is 0 Å². The molecule has 2 nitrogen and oxygen atoms in total. The summed E-state index contributed by atoms with van der Waals surface area (Å²) in [7, 11) is 0. The van der Waals surface area contributed by atoms with E-state index in [-0.39, 0.29) is 0 Å². The molecular formula is C28H32N2. The van der Waals surface area contributed by atoms with Crippen LogP contribution in [-0.4, -0.2) is 21.9 Å². The molecule has 30 heavy (non-hydrogen) atoms. The van der Waals surface area contributed by atoms with E-state index in [2.05, 4.69) is 94.7 Å². The molecule has 0 aromatic heterocycles. The van der Waals surface area contributed by atoms with Crippen molar-refractivity contribution in [2.45, 2.75) is 63.9 Å². The van der Waals surface area contributed by atoms with Crippen LogP contribution in [0.15, 0.2) is 84.9 Å². The van der Waals surface area contributed by atoms with E-state index in [0.29, 0.717) is 12.1 Å². The van der Waals surface area contributed by atoms with Crippen LogP contribution in [0, 0.1) is 0 Å². The first-order chi connectivity index (χ1) is 14.9. The van der Waals surface area contributed by atoms with E-state index >= 15 is 0 Å². The van der Waals surface area contributed by atoms with E-state index in [1.54, 1.807) is 0 Å². The third-order valence-corrected chi connectivity index (χ3v) is 6.95. The van der Waals surface area contributed by atoms with Gasteiger partial charge in [-0.25, -0.2) is 0 Å². The van der Waals surface area contributed by atoms with Gasteiger partial charge in [-0.1, -0.05) is 97.8 Å². The minimum atomic E-state index is 0.621. The lowest BCUT2D eigenvalue weighted by Gasteiger charge is -2.47. The monoisotopic (exact) mass is 396 g/mol. The van der Waals surface area contributed by atoms with Gasteiger partial charge in [-0.2, -0.15) is 0 Å². The van der Waals surface area contributed by atoms with Gasteiger partial charge in [-0.05, 0) is 35.1 Å². The maximum Gasteiger partial charge on any atom is 0.0258 e. The number of hydrogen-bond donors (Lipinski definition) is 0. The Kier molecular flexibility index (Phi) is 5.96. The zero-order chi connectivity index (χ0) is 20.2. The lowest BCUT2D eigenvalue weighted by molar-refractivity contribution is 0.0226. The molecule has 0 spiro atoms. The van der Waals surface area contributed by atoms with Crippen LogP contribution in [0.1, 0.15) is 47.9 Å². The van der Waals surface area contributed by atoms with Crippen molar-refractivity contribution >= 4 is 0 Å². The molecule has 3 aromatic rings. The molecule has 0 saturated heterocycles. The normalized spacial score (nSPS) is 22.5. The summed E-state index contributed by atoms with van der Waals surface area (Å²) in [4.78, 5) is 5.55. The summed E-state index contributed by atoms with van der Waals surface area (Å²) in [5.74, 6) is 0. The number of nitrogens with zero attached hydrogens (tertiary/aromatic N) is 2. The van der Waals surface area contributed by atoms with Crippen molar-refractivity contribution in [3.8, 4) is 0 Å². The molecule has 0 N–H and O–H groups in total. The predicted molar refractivity (Wildman–Crippen MR) is 124 cm³/mol. The Morgan fingerprint density at radius 3 is 1.37 bits per heavy atom. The second-order valence-corrected chi connectivity index (χ2v) is 8.97. The van der Waals surface area contributed by atoms with E-state index in [1.807, 2.05) is 0 Å². The minimum absolute atomic E-state index is 0.621. The molecule has 1 saturated carbocycles. The summed E-state index contributed by atoms with van der Waals surface area (Å²) < 4.78 is 0. The summed E-state index contributed by atoms with van der Waals surface area (Å²) in [6, 6.07) is 32.4. The largest absolute Gasteiger partial charge is 0.290 e. The zero-order valence-electron chi connectivity index (χ0n) is 17.8. The van der Waals surface area contributed by atoms with Crippen molar-refractivity contribution in [1.29, 1.82) is 0 Å². The molecule has 2 atom stereocenters. The summed E-state index contributed by atoms with van der Waals surface area (Å²) in [6.45, 7) is 4.20. The van der Waals surface area contributed by atoms with Crippen LogP contribution in [0.5, 0.6) is 0 Å². The number of fused-ring (bicyclic) bond motifs is 2. The zero-order valence-corrected chi connectivity index (χ0v) is 17.8. The second kappa shape index (κ2) is 9.16. The highest BCUT2D eigenvalue weighted by atomic mass is 15.3. The first-order valence-corrected chi connectivity index (χ1v) is 11.5. The summed E-state index contributed by atoms with van der Waals surface area (Å²) in [5, 5.41) is 0. The molecular weight excluding hydrogens is 364 g/mol. The van der Waals surface area contributed by atoms with Crippen LogP contribution >= 0.6 is 0 Å². The van der Waals surface area contributed by atoms with Gasteiger partial charge in [0.05, 0.1) is 0 Å². The lowest BCUT2D eigenvalue weighted by Crippen LogP contribution is -2.53. The highest BCUT2D eigenvalue weighted by molar-refractivity contribution is 5.29. The van der Waals surface area contributed by atoms with Gasteiger partial charge in [0, 0.05) is 38.3 Å². The van der Waals surface area contributed by atoms with Crippen LogP contribution in [0.2, 0.25) is 0 Å². The number of rotatable bonds is 4. The molecule has 0 amide bonds. The van der Waals surface area contributed by atoms with Gasteiger partial charge in [0.15, 0.2) is 0 Å². The van der Waals surface area contributed by atoms with Crippen molar-refractivity contribution in [2.75, 3.05) is 0 Å². The quantitative estimate of drug-likeness (QED) is 0.532. The van der Waals surface area contributed by atoms with Crippen LogP contribution < -0.4 is 0 Å². The van der Waals surface area contributed by atoms with Gasteiger partial charge in [0.1, 0.15) is 0 Å². The third kappa shape index (κ3) is 4.35. The lowest BCUT2D eigenvalue weighted by atomic mass is 9.85. The molecule has 1 fully saturated rings. The van der Waals surface area contributed by atoms with Gasteiger partial charge < -0.3 is 0 Å². The van der Waals surface area contributed by atoms with Gasteiger partial charge in [-0.3, -0.25) is 9.80 Å². The van der Waals surface area contributed by atoms with E-state index in [1.165, 1.54) is 47.9 Å². The fourth-order valence-corrected chi connectivity index (χ4v) is 5.46. The first-order valence-electron chi connectivity index (χ1n) is 11.5. The molecule has 0 bridgehead atoms. The van der Waals surface area contributed by atoms with Crippen molar-refractivity contribution in [2.24, 2.45) is 0 Å². The molecule has 1 heterocycles. The van der Waals surface area contributed by atoms with Crippen molar-refractivity contribution in [3.05, 3.63) is 107 Å². The third-order valence-electron chi connectivity index (χ3n) is 6.95. The Hall–Kier alpha value is -2.42. The highest BCUT2D eigenvalue weighted by Crippen LogP contribution is 2.34. The SMILES string of the molecule is c1ccc(CN2Cc3ccccc3CN(Cc3ccccc3)[C@@H]3CCCC[C@H]32)cc1. The Bertz CT molecular complexity index is 859. The molecule has 0 radical (unpaired) electrons. The maximum atomic E-state index is 2.77. The van der Waals surface area contributed by atoms with Crippen molar-refractivity contribution in [3.63, 3.8) is 0 Å².